The average molecular weight is 1100 g/mol. The Morgan fingerprint density at radius 2 is 0.762 bits per heavy atom. The molecular formula is C66H59Cl2N7O5. The standard InChI is InChI=1S/C28H28N2.C19H15N3O3.C19H14N2O2.2ClH/c1-5-13-23(14-6-1)27(24-15-7-2-8-16-24)29-21-22-30-28(25-17-9-3-10-18-25)26-19-11-4-12-20-26;1-22-15(12-3-5-14(24-2)6-4-12)11-16-17(19(22)23)18(21-25-16)13-7-9-20-10-8-13;1-21-15(13-8-4-2-5-9-13)12-16-17(19(21)22)18(20-23-16)14-10-6-3-7-11-14;;/h1-20,27-30H,21-22H2;3-11H,1-2H3;2-12H,1H3;2*1H. The summed E-state index contributed by atoms with van der Waals surface area (Å²) in [5.74, 6) is 0.759. The van der Waals surface area contributed by atoms with E-state index in [-0.39, 0.29) is 48.0 Å². The van der Waals surface area contributed by atoms with Crippen LogP contribution >= 0.6 is 24.8 Å². The van der Waals surface area contributed by atoms with Gasteiger partial charge in [-0.1, -0.05) is 192 Å². The van der Waals surface area contributed by atoms with Gasteiger partial charge in [0.2, 0.25) is 0 Å². The summed E-state index contributed by atoms with van der Waals surface area (Å²) in [6.45, 7) is 1.73. The highest BCUT2D eigenvalue weighted by Gasteiger charge is 2.20. The highest BCUT2D eigenvalue weighted by Crippen LogP contribution is 2.31. The van der Waals surface area contributed by atoms with Crippen LogP contribution in [0.2, 0.25) is 0 Å². The third kappa shape index (κ3) is 13.0. The maximum absolute atomic E-state index is 12.9. The van der Waals surface area contributed by atoms with Gasteiger partial charge in [0, 0.05) is 62.8 Å². The van der Waals surface area contributed by atoms with E-state index in [1.165, 1.54) is 22.3 Å². The molecule has 7 aromatic carbocycles. The second kappa shape index (κ2) is 27.4. The van der Waals surface area contributed by atoms with Crippen molar-refractivity contribution < 1.29 is 13.8 Å². The van der Waals surface area contributed by atoms with Crippen LogP contribution in [0.3, 0.4) is 0 Å². The van der Waals surface area contributed by atoms with E-state index in [0.29, 0.717) is 33.3 Å². The van der Waals surface area contributed by atoms with Gasteiger partial charge in [0.05, 0.1) is 30.6 Å². The first-order chi connectivity index (χ1) is 38.4. The van der Waals surface area contributed by atoms with Gasteiger partial charge in [-0.3, -0.25) is 14.6 Å². The number of hydrogen-bond acceptors (Lipinski definition) is 10. The summed E-state index contributed by atoms with van der Waals surface area (Å²) < 4.78 is 19.3. The first-order valence-corrected chi connectivity index (χ1v) is 25.7. The van der Waals surface area contributed by atoms with E-state index in [2.05, 4.69) is 147 Å². The van der Waals surface area contributed by atoms with Crippen molar-refractivity contribution in [3.63, 3.8) is 0 Å². The van der Waals surface area contributed by atoms with E-state index in [4.69, 9.17) is 13.8 Å². The van der Waals surface area contributed by atoms with Gasteiger partial charge in [-0.05, 0) is 69.8 Å². The summed E-state index contributed by atoms with van der Waals surface area (Å²) in [5.41, 5.74) is 12.0. The molecule has 5 heterocycles. The van der Waals surface area contributed by atoms with Crippen molar-refractivity contribution in [3.8, 4) is 50.8 Å². The minimum absolute atomic E-state index is 0. The second-order valence-electron chi connectivity index (χ2n) is 18.4. The predicted molar refractivity (Wildman–Crippen MR) is 325 cm³/mol. The van der Waals surface area contributed by atoms with Crippen molar-refractivity contribution in [2.75, 3.05) is 20.2 Å². The Labute approximate surface area is 476 Å². The molecule has 0 aliphatic rings. The van der Waals surface area contributed by atoms with Crippen molar-refractivity contribution in [2.45, 2.75) is 12.1 Å². The molecule has 0 amide bonds. The minimum Gasteiger partial charge on any atom is -0.497 e. The molecule has 0 spiro atoms. The normalized spacial score (nSPS) is 10.8. The minimum atomic E-state index is -0.156. The number of methoxy groups -OCH3 is 1. The molecule has 0 saturated heterocycles. The summed E-state index contributed by atoms with van der Waals surface area (Å²) in [6, 6.07) is 77.1. The van der Waals surface area contributed by atoms with Crippen LogP contribution in [0.1, 0.15) is 34.3 Å². The first kappa shape index (κ1) is 57.0. The lowest BCUT2D eigenvalue weighted by Crippen LogP contribution is -2.33. The number of nitrogens with one attached hydrogen (secondary N) is 2. The topological polar surface area (TPSA) is 142 Å². The molecule has 402 valence electrons. The summed E-state index contributed by atoms with van der Waals surface area (Å²) >= 11 is 0. The molecule has 0 radical (unpaired) electrons. The number of fused-ring (bicyclic) bond motifs is 2. The number of hydrogen-bond donors (Lipinski definition) is 2. The zero-order valence-electron chi connectivity index (χ0n) is 44.3. The average Bonchev–Trinajstić information content (AvgIpc) is 4.25. The molecule has 5 aromatic heterocycles. The number of halogens is 2. The van der Waals surface area contributed by atoms with Gasteiger partial charge >= 0.3 is 0 Å². The van der Waals surface area contributed by atoms with E-state index in [9.17, 15) is 9.59 Å². The van der Waals surface area contributed by atoms with Gasteiger partial charge in [0.15, 0.2) is 11.2 Å². The van der Waals surface area contributed by atoms with E-state index in [1.54, 1.807) is 54.9 Å². The Balaban J connectivity index is 0.000000157. The molecule has 2 N–H and O–H groups in total. The Morgan fingerprint density at radius 1 is 0.438 bits per heavy atom. The zero-order valence-corrected chi connectivity index (χ0v) is 45.9. The molecule has 12 rings (SSSR count). The summed E-state index contributed by atoms with van der Waals surface area (Å²) in [7, 11) is 5.13. The molecule has 0 atom stereocenters. The molecule has 0 saturated carbocycles. The summed E-state index contributed by atoms with van der Waals surface area (Å²) in [6.07, 6.45) is 3.32. The summed E-state index contributed by atoms with van der Waals surface area (Å²) in [5, 5.41) is 16.7. The number of pyridine rings is 3. The van der Waals surface area contributed by atoms with Gasteiger partial charge in [0.1, 0.15) is 27.9 Å². The molecule has 0 unspecified atom stereocenters. The van der Waals surface area contributed by atoms with Crippen molar-refractivity contribution >= 4 is 46.8 Å². The molecule has 0 fully saturated rings. The maximum Gasteiger partial charge on any atom is 0.264 e. The van der Waals surface area contributed by atoms with Gasteiger partial charge in [-0.15, -0.1) is 24.8 Å². The molecule has 0 bridgehead atoms. The summed E-state index contributed by atoms with van der Waals surface area (Å²) in [4.78, 5) is 29.8. The van der Waals surface area contributed by atoms with Gasteiger partial charge < -0.3 is 33.6 Å². The monoisotopic (exact) mass is 1100 g/mol. The number of rotatable bonds is 14. The fraction of sp³-hybridized carbons (Fsp3) is 0.106. The lowest BCUT2D eigenvalue weighted by molar-refractivity contribution is 0.415. The van der Waals surface area contributed by atoms with Crippen LogP contribution in [0.5, 0.6) is 5.75 Å². The second-order valence-corrected chi connectivity index (χ2v) is 18.4. The van der Waals surface area contributed by atoms with Crippen LogP contribution < -0.4 is 26.5 Å². The smallest absolute Gasteiger partial charge is 0.264 e. The van der Waals surface area contributed by atoms with Crippen LogP contribution in [-0.2, 0) is 14.1 Å². The van der Waals surface area contributed by atoms with Crippen molar-refractivity contribution in [3.05, 3.63) is 286 Å². The lowest BCUT2D eigenvalue weighted by atomic mass is 9.98. The van der Waals surface area contributed by atoms with Crippen molar-refractivity contribution in [1.29, 1.82) is 0 Å². The Kier molecular flexibility index (Phi) is 19.5. The van der Waals surface area contributed by atoms with Crippen LogP contribution in [0.25, 0.3) is 67.0 Å². The van der Waals surface area contributed by atoms with E-state index in [1.807, 2.05) is 97.1 Å². The molecule has 12 aromatic rings. The van der Waals surface area contributed by atoms with Crippen LogP contribution in [0.15, 0.2) is 262 Å². The largest absolute Gasteiger partial charge is 0.497 e. The third-order valence-electron chi connectivity index (χ3n) is 13.5. The number of ether oxygens (including phenoxy) is 1. The van der Waals surface area contributed by atoms with Gasteiger partial charge in [0.25, 0.3) is 11.1 Å². The maximum atomic E-state index is 12.9. The SMILES string of the molecule is COc1ccc(-c2cc3onc(-c4ccncc4)c3c(=O)n2C)cc1.Cl.Cl.Cn1c(-c2ccccc2)cc2onc(-c3ccccc3)c2c1=O.c1ccc(C(NCCNC(c2ccccc2)c2ccccc2)c2ccccc2)cc1. The van der Waals surface area contributed by atoms with Crippen molar-refractivity contribution in [2.24, 2.45) is 14.1 Å². The number of benzene rings is 7. The van der Waals surface area contributed by atoms with Crippen LogP contribution in [0, 0.1) is 0 Å². The Morgan fingerprint density at radius 3 is 1.12 bits per heavy atom. The molecule has 12 nitrogen and oxygen atoms in total. The highest BCUT2D eigenvalue weighted by molar-refractivity contribution is 5.93. The van der Waals surface area contributed by atoms with Crippen molar-refractivity contribution in [1.82, 2.24) is 35.1 Å². The predicted octanol–water partition coefficient (Wildman–Crippen LogP) is 13.7. The first-order valence-electron chi connectivity index (χ1n) is 25.7. The number of nitrogens with zero attached hydrogens (tertiary/aromatic N) is 5. The van der Waals surface area contributed by atoms with Gasteiger partial charge in [-0.25, -0.2) is 0 Å². The van der Waals surface area contributed by atoms with E-state index >= 15 is 0 Å². The number of aromatic nitrogens is 5. The lowest BCUT2D eigenvalue weighted by Gasteiger charge is -2.23. The molecule has 80 heavy (non-hydrogen) atoms. The molecule has 0 aliphatic carbocycles. The third-order valence-corrected chi connectivity index (χ3v) is 13.5. The van der Waals surface area contributed by atoms with Gasteiger partial charge in [-0.2, -0.15) is 0 Å². The Hall–Kier alpha value is -9.17. The van der Waals surface area contributed by atoms with Crippen LogP contribution in [0.4, 0.5) is 0 Å². The molecular weight excluding hydrogens is 1040 g/mol. The fourth-order valence-corrected chi connectivity index (χ4v) is 9.51. The van der Waals surface area contributed by atoms with E-state index in [0.717, 1.165) is 52.5 Å². The Bertz CT molecular complexity index is 3800. The quantitative estimate of drug-likeness (QED) is 0.101. The zero-order chi connectivity index (χ0) is 53.6. The van der Waals surface area contributed by atoms with Crippen LogP contribution in [-0.4, -0.2) is 44.6 Å². The fourth-order valence-electron chi connectivity index (χ4n) is 9.51. The molecule has 14 heteroatoms. The molecule has 0 aliphatic heterocycles. The highest BCUT2D eigenvalue weighted by atomic mass is 35.5. The van der Waals surface area contributed by atoms with E-state index < -0.39 is 0 Å².